The highest BCUT2D eigenvalue weighted by Gasteiger charge is 2.51. The SMILES string of the molecule is C[S@](=O)c1cccc(B2OC(C)(C)C(C)(C)O2)c1. The van der Waals surface area contributed by atoms with Gasteiger partial charge in [0.05, 0.1) is 11.2 Å². The Labute approximate surface area is 111 Å². The van der Waals surface area contributed by atoms with Crippen LogP contribution >= 0.6 is 0 Å². The Balaban J connectivity index is 2.30. The second kappa shape index (κ2) is 4.47. The molecular formula is C13H19BO3S. The van der Waals surface area contributed by atoms with Crippen LogP contribution < -0.4 is 5.46 Å². The predicted molar refractivity (Wildman–Crippen MR) is 74.5 cm³/mol. The molecule has 1 saturated heterocycles. The summed E-state index contributed by atoms with van der Waals surface area (Å²) in [6, 6.07) is 7.57. The Morgan fingerprint density at radius 3 is 2.17 bits per heavy atom. The molecule has 18 heavy (non-hydrogen) atoms. The summed E-state index contributed by atoms with van der Waals surface area (Å²) in [6.45, 7) is 8.09. The zero-order valence-corrected chi connectivity index (χ0v) is 12.3. The maximum absolute atomic E-state index is 11.5. The molecule has 1 atom stereocenters. The molecule has 0 amide bonds. The summed E-state index contributed by atoms with van der Waals surface area (Å²) in [7, 11) is -1.38. The van der Waals surface area contributed by atoms with E-state index in [4.69, 9.17) is 9.31 Å². The molecule has 1 aliphatic heterocycles. The van der Waals surface area contributed by atoms with Crippen LogP contribution in [0.1, 0.15) is 27.7 Å². The molecule has 0 bridgehead atoms. The van der Waals surface area contributed by atoms with E-state index in [1.54, 1.807) is 6.26 Å². The summed E-state index contributed by atoms with van der Waals surface area (Å²) in [5, 5.41) is 0. The van der Waals surface area contributed by atoms with Crippen molar-refractivity contribution >= 4 is 23.4 Å². The molecule has 0 unspecified atom stereocenters. The van der Waals surface area contributed by atoms with Crippen molar-refractivity contribution in [2.45, 2.75) is 43.8 Å². The van der Waals surface area contributed by atoms with Crippen LogP contribution in [0.15, 0.2) is 29.2 Å². The normalized spacial score (nSPS) is 23.1. The van der Waals surface area contributed by atoms with Gasteiger partial charge in [0.25, 0.3) is 0 Å². The molecule has 3 nitrogen and oxygen atoms in total. The van der Waals surface area contributed by atoms with E-state index >= 15 is 0 Å². The van der Waals surface area contributed by atoms with Crippen LogP contribution in [0, 0.1) is 0 Å². The lowest BCUT2D eigenvalue weighted by Gasteiger charge is -2.32. The fourth-order valence-electron chi connectivity index (χ4n) is 1.82. The minimum atomic E-state index is -0.989. The average molecular weight is 266 g/mol. The van der Waals surface area contributed by atoms with Gasteiger partial charge < -0.3 is 9.31 Å². The van der Waals surface area contributed by atoms with E-state index in [2.05, 4.69) is 0 Å². The van der Waals surface area contributed by atoms with Gasteiger partial charge in [-0.25, -0.2) is 0 Å². The van der Waals surface area contributed by atoms with Crippen molar-refractivity contribution in [3.63, 3.8) is 0 Å². The zero-order chi connectivity index (χ0) is 13.6. The molecule has 0 aromatic heterocycles. The molecule has 0 saturated carbocycles. The van der Waals surface area contributed by atoms with E-state index in [1.165, 1.54) is 0 Å². The third-order valence-corrected chi connectivity index (χ3v) is 4.63. The van der Waals surface area contributed by atoms with E-state index in [0.29, 0.717) is 0 Å². The molecule has 0 spiro atoms. The van der Waals surface area contributed by atoms with Gasteiger partial charge in [0.1, 0.15) is 0 Å². The van der Waals surface area contributed by atoms with Gasteiger partial charge in [0.2, 0.25) is 0 Å². The van der Waals surface area contributed by atoms with Crippen LogP contribution in [0.2, 0.25) is 0 Å². The maximum atomic E-state index is 11.5. The minimum absolute atomic E-state index is 0.348. The Hall–Kier alpha value is -0.645. The second-order valence-electron chi connectivity index (χ2n) is 5.61. The Morgan fingerprint density at radius 2 is 1.67 bits per heavy atom. The van der Waals surface area contributed by atoms with Gasteiger partial charge in [-0.3, -0.25) is 4.21 Å². The zero-order valence-electron chi connectivity index (χ0n) is 11.5. The fraction of sp³-hybridized carbons (Fsp3) is 0.538. The molecule has 0 aliphatic carbocycles. The first-order chi connectivity index (χ1) is 8.23. The molecule has 0 radical (unpaired) electrons. The third kappa shape index (κ3) is 2.39. The lowest BCUT2D eigenvalue weighted by atomic mass is 9.79. The first-order valence-electron chi connectivity index (χ1n) is 6.02. The molecule has 1 fully saturated rings. The molecule has 1 aliphatic rings. The van der Waals surface area contributed by atoms with Crippen LogP contribution in [0.5, 0.6) is 0 Å². The lowest BCUT2D eigenvalue weighted by Crippen LogP contribution is -2.41. The van der Waals surface area contributed by atoms with Crippen molar-refractivity contribution in [1.82, 2.24) is 0 Å². The van der Waals surface area contributed by atoms with Crippen molar-refractivity contribution in [3.8, 4) is 0 Å². The Bertz CT molecular complexity index is 469. The van der Waals surface area contributed by atoms with Gasteiger partial charge in [0.15, 0.2) is 0 Å². The number of rotatable bonds is 2. The molecule has 2 rings (SSSR count). The van der Waals surface area contributed by atoms with Crippen LogP contribution in [0.25, 0.3) is 0 Å². The lowest BCUT2D eigenvalue weighted by molar-refractivity contribution is 0.00578. The largest absolute Gasteiger partial charge is 0.494 e. The predicted octanol–water partition coefficient (Wildman–Crippen LogP) is 1.72. The average Bonchev–Trinajstić information content (AvgIpc) is 2.48. The number of benzene rings is 1. The summed E-state index contributed by atoms with van der Waals surface area (Å²) in [5.41, 5.74) is 0.222. The summed E-state index contributed by atoms with van der Waals surface area (Å²) >= 11 is 0. The van der Waals surface area contributed by atoms with Crippen molar-refractivity contribution in [2.75, 3.05) is 6.26 Å². The van der Waals surface area contributed by atoms with Gasteiger partial charge in [-0.1, -0.05) is 12.1 Å². The summed E-state index contributed by atoms with van der Waals surface area (Å²) in [6.07, 6.45) is 1.67. The van der Waals surface area contributed by atoms with Gasteiger partial charge in [-0.05, 0) is 45.3 Å². The van der Waals surface area contributed by atoms with Crippen LogP contribution in [-0.4, -0.2) is 28.8 Å². The smallest absolute Gasteiger partial charge is 0.399 e. The monoisotopic (exact) mass is 266 g/mol. The van der Waals surface area contributed by atoms with Crippen LogP contribution in [0.4, 0.5) is 0 Å². The molecule has 0 N–H and O–H groups in total. The molecule has 1 aromatic rings. The van der Waals surface area contributed by atoms with E-state index in [-0.39, 0.29) is 11.2 Å². The van der Waals surface area contributed by atoms with E-state index in [1.807, 2.05) is 52.0 Å². The summed E-state index contributed by atoms with van der Waals surface area (Å²) in [4.78, 5) is 0.794. The highest BCUT2D eigenvalue weighted by molar-refractivity contribution is 7.84. The van der Waals surface area contributed by atoms with Gasteiger partial charge in [0, 0.05) is 22.0 Å². The van der Waals surface area contributed by atoms with E-state index in [0.717, 1.165) is 10.4 Å². The standard InChI is InChI=1S/C13H19BO3S/c1-12(2)13(3,4)17-14(16-12)10-7-6-8-11(9-10)18(5)15/h6-9H,1-5H3/t18-/m0/s1. The number of hydrogen-bond acceptors (Lipinski definition) is 3. The van der Waals surface area contributed by atoms with E-state index in [9.17, 15) is 4.21 Å². The molecule has 1 heterocycles. The summed E-state index contributed by atoms with van der Waals surface area (Å²) < 4.78 is 23.4. The minimum Gasteiger partial charge on any atom is -0.399 e. The second-order valence-corrected chi connectivity index (χ2v) is 6.99. The third-order valence-electron chi connectivity index (χ3n) is 3.72. The molecule has 98 valence electrons. The molecule has 1 aromatic carbocycles. The van der Waals surface area contributed by atoms with Crippen LogP contribution in [0.3, 0.4) is 0 Å². The highest BCUT2D eigenvalue weighted by atomic mass is 32.2. The van der Waals surface area contributed by atoms with Crippen molar-refractivity contribution < 1.29 is 13.5 Å². The topological polar surface area (TPSA) is 35.5 Å². The molecule has 5 heteroatoms. The van der Waals surface area contributed by atoms with Gasteiger partial charge >= 0.3 is 7.12 Å². The Morgan fingerprint density at radius 1 is 1.11 bits per heavy atom. The van der Waals surface area contributed by atoms with Gasteiger partial charge in [-0.2, -0.15) is 0 Å². The van der Waals surface area contributed by atoms with Crippen molar-refractivity contribution in [1.29, 1.82) is 0 Å². The van der Waals surface area contributed by atoms with Crippen LogP contribution in [-0.2, 0) is 20.1 Å². The van der Waals surface area contributed by atoms with Crippen molar-refractivity contribution in [3.05, 3.63) is 24.3 Å². The quantitative estimate of drug-likeness (QED) is 0.765. The van der Waals surface area contributed by atoms with Gasteiger partial charge in [-0.15, -0.1) is 0 Å². The number of hydrogen-bond donors (Lipinski definition) is 0. The first kappa shape index (κ1) is 13.8. The molecular weight excluding hydrogens is 247 g/mol. The fourth-order valence-corrected chi connectivity index (χ4v) is 2.39. The Kier molecular flexibility index (Phi) is 3.43. The first-order valence-corrected chi connectivity index (χ1v) is 7.58. The maximum Gasteiger partial charge on any atom is 0.494 e. The van der Waals surface area contributed by atoms with E-state index < -0.39 is 17.9 Å². The van der Waals surface area contributed by atoms with Crippen molar-refractivity contribution in [2.24, 2.45) is 0 Å². The summed E-state index contributed by atoms with van der Waals surface area (Å²) in [5.74, 6) is 0. The highest BCUT2D eigenvalue weighted by Crippen LogP contribution is 2.36.